The molecule has 0 saturated carbocycles. The smallest absolute Gasteiger partial charge is 0.459 e. The van der Waals surface area contributed by atoms with Crippen molar-refractivity contribution in [3.05, 3.63) is 36.7 Å². The molecule has 14 nitrogen and oxygen atoms in total. The molecule has 2 unspecified atom stereocenters. The van der Waals surface area contributed by atoms with Crippen LogP contribution in [0.1, 0.15) is 41.0 Å². The molecule has 3 rings (SSSR count). The Morgan fingerprint density at radius 2 is 1.93 bits per heavy atom. The van der Waals surface area contributed by atoms with Gasteiger partial charge in [0.25, 0.3) is 0 Å². The quantitative estimate of drug-likeness (QED) is 0.156. The van der Waals surface area contributed by atoms with Crippen LogP contribution >= 0.6 is 7.75 Å². The standard InChI is InChI=1S/C27H41FN7O7P/c1-8-14-34(6)23-21-24(32-26(29)31-23)35(16-30-21)27(5,28)22(36)20(39-7)15-40-43(38,42-19-12-10-9-11-13-19)33-18(4)25(37)41-17(2)3/h9-13,16-18,20,22,36H,8,14-15H2,1-7H3,(H,33,38)(H2,29,31,32)/t18-,20?,22+,27-,43?/m0/s1. The maximum atomic E-state index is 16.5. The van der Waals surface area contributed by atoms with Crippen molar-refractivity contribution >= 4 is 36.6 Å². The molecule has 0 aliphatic rings. The maximum Gasteiger partial charge on any atom is 0.459 e. The summed E-state index contributed by atoms with van der Waals surface area (Å²) in [7, 11) is -1.27. The lowest BCUT2D eigenvalue weighted by Gasteiger charge is -2.33. The predicted octanol–water partition coefficient (Wildman–Crippen LogP) is 3.41. The van der Waals surface area contributed by atoms with E-state index in [1.807, 2.05) is 11.8 Å². The van der Waals surface area contributed by atoms with E-state index in [-0.39, 0.29) is 17.3 Å². The summed E-state index contributed by atoms with van der Waals surface area (Å²) in [6.07, 6.45) is -1.67. The summed E-state index contributed by atoms with van der Waals surface area (Å²) < 4.78 is 53.1. The number of aliphatic hydroxyl groups excluding tert-OH is 1. The summed E-state index contributed by atoms with van der Waals surface area (Å²) >= 11 is 0. The molecule has 0 aliphatic heterocycles. The molecule has 0 aliphatic carbocycles. The number of rotatable bonds is 16. The average molecular weight is 626 g/mol. The highest BCUT2D eigenvalue weighted by molar-refractivity contribution is 7.52. The van der Waals surface area contributed by atoms with Crippen molar-refractivity contribution in [2.24, 2.45) is 0 Å². The monoisotopic (exact) mass is 625 g/mol. The molecule has 43 heavy (non-hydrogen) atoms. The Hall–Kier alpha value is -3.36. The van der Waals surface area contributed by atoms with Gasteiger partial charge < -0.3 is 29.7 Å². The normalized spacial score (nSPS) is 16.7. The van der Waals surface area contributed by atoms with Gasteiger partial charge in [0.1, 0.15) is 24.0 Å². The first kappa shape index (κ1) is 34.1. The molecule has 0 fully saturated rings. The summed E-state index contributed by atoms with van der Waals surface area (Å²) in [5.74, 6) is -2.76. The van der Waals surface area contributed by atoms with Crippen LogP contribution in [0.25, 0.3) is 11.2 Å². The molecule has 1 aromatic carbocycles. The zero-order valence-electron chi connectivity index (χ0n) is 25.4. The number of hydrogen-bond acceptors (Lipinski definition) is 12. The van der Waals surface area contributed by atoms with Crippen LogP contribution in [0, 0.1) is 0 Å². The lowest BCUT2D eigenvalue weighted by Crippen LogP contribution is -2.48. The summed E-state index contributed by atoms with van der Waals surface area (Å²) in [5.41, 5.74) is 6.28. The Morgan fingerprint density at radius 3 is 2.53 bits per heavy atom. The lowest BCUT2D eigenvalue weighted by atomic mass is 10.0. The van der Waals surface area contributed by atoms with E-state index in [0.717, 1.165) is 17.9 Å². The van der Waals surface area contributed by atoms with Gasteiger partial charge in [-0.05, 0) is 46.2 Å². The number of halogens is 1. The van der Waals surface area contributed by atoms with Gasteiger partial charge in [-0.1, -0.05) is 25.1 Å². The third-order valence-electron chi connectivity index (χ3n) is 6.42. The molecule has 5 atom stereocenters. The Labute approximate surface area is 250 Å². The Kier molecular flexibility index (Phi) is 11.4. The number of nitrogens with zero attached hydrogens (tertiary/aromatic N) is 5. The molecular weight excluding hydrogens is 584 g/mol. The highest BCUT2D eigenvalue weighted by Gasteiger charge is 2.44. The third kappa shape index (κ3) is 8.39. The number of ether oxygens (including phenoxy) is 2. The third-order valence-corrected chi connectivity index (χ3v) is 8.06. The van der Waals surface area contributed by atoms with Crippen LogP contribution in [0.2, 0.25) is 0 Å². The van der Waals surface area contributed by atoms with Crippen LogP contribution in [-0.2, 0) is 29.1 Å². The number of imidazole rings is 1. The Balaban J connectivity index is 1.87. The number of fused-ring (bicyclic) bond motifs is 1. The molecule has 16 heteroatoms. The number of esters is 1. The van der Waals surface area contributed by atoms with Crippen molar-refractivity contribution in [2.45, 2.75) is 71.2 Å². The van der Waals surface area contributed by atoms with Crippen molar-refractivity contribution in [2.75, 3.05) is 37.9 Å². The minimum absolute atomic E-state index is 0.0579. The molecule has 0 bridgehead atoms. The average Bonchev–Trinajstić information content (AvgIpc) is 3.37. The number of hydrogen-bond donors (Lipinski definition) is 3. The van der Waals surface area contributed by atoms with Gasteiger partial charge in [0.2, 0.25) is 11.7 Å². The second-order valence-corrected chi connectivity index (χ2v) is 12.1. The van der Waals surface area contributed by atoms with Crippen LogP contribution < -0.4 is 20.2 Å². The molecule has 4 N–H and O–H groups in total. The fourth-order valence-corrected chi connectivity index (χ4v) is 5.71. The van der Waals surface area contributed by atoms with Gasteiger partial charge in [-0.15, -0.1) is 0 Å². The van der Waals surface area contributed by atoms with Crippen LogP contribution in [0.4, 0.5) is 16.2 Å². The summed E-state index contributed by atoms with van der Waals surface area (Å²) in [6.45, 7) is 7.93. The lowest BCUT2D eigenvalue weighted by molar-refractivity contribution is -0.149. The highest BCUT2D eigenvalue weighted by atomic mass is 31.2. The topological polar surface area (TPSA) is 176 Å². The van der Waals surface area contributed by atoms with Crippen LogP contribution in [0.5, 0.6) is 5.75 Å². The predicted molar refractivity (Wildman–Crippen MR) is 159 cm³/mol. The van der Waals surface area contributed by atoms with Gasteiger partial charge in [-0.25, -0.2) is 13.9 Å². The number of nitrogens with one attached hydrogen (secondary N) is 1. The van der Waals surface area contributed by atoms with E-state index < -0.39 is 50.5 Å². The fraction of sp³-hybridized carbons (Fsp3) is 0.556. The number of carbonyl (C=O) groups excluding carboxylic acids is 1. The first-order valence-corrected chi connectivity index (χ1v) is 15.4. The highest BCUT2D eigenvalue weighted by Crippen LogP contribution is 2.45. The van der Waals surface area contributed by atoms with Gasteiger partial charge in [-0.3, -0.25) is 13.9 Å². The van der Waals surface area contributed by atoms with Crippen molar-refractivity contribution in [3.8, 4) is 5.75 Å². The zero-order chi connectivity index (χ0) is 31.9. The van der Waals surface area contributed by atoms with E-state index in [1.165, 1.54) is 20.4 Å². The maximum absolute atomic E-state index is 16.5. The number of nitrogens with two attached hydrogens (primary N) is 1. The molecule has 0 radical (unpaired) electrons. The minimum atomic E-state index is -4.31. The minimum Gasteiger partial charge on any atom is -0.462 e. The zero-order valence-corrected chi connectivity index (χ0v) is 26.3. The summed E-state index contributed by atoms with van der Waals surface area (Å²) in [4.78, 5) is 27.0. The van der Waals surface area contributed by atoms with Crippen molar-refractivity contribution < 1.29 is 37.4 Å². The van der Waals surface area contributed by atoms with Crippen molar-refractivity contribution in [1.29, 1.82) is 0 Å². The number of carbonyl (C=O) groups is 1. The molecule has 0 amide bonds. The van der Waals surface area contributed by atoms with E-state index >= 15 is 4.39 Å². The summed E-state index contributed by atoms with van der Waals surface area (Å²) in [6, 6.07) is 7.03. The number of para-hydroxylation sites is 1. The summed E-state index contributed by atoms with van der Waals surface area (Å²) in [5, 5.41) is 13.8. The first-order chi connectivity index (χ1) is 20.2. The van der Waals surface area contributed by atoms with Crippen molar-refractivity contribution in [3.63, 3.8) is 0 Å². The van der Waals surface area contributed by atoms with Crippen molar-refractivity contribution in [1.82, 2.24) is 24.6 Å². The van der Waals surface area contributed by atoms with Gasteiger partial charge in [-0.2, -0.15) is 15.1 Å². The molecule has 0 saturated heterocycles. The SMILES string of the molecule is CCCN(C)c1nc(N)nc2c1ncn2[C@](C)(F)[C@H](O)C(COP(=O)(N[C@@H](C)C(=O)OC(C)C)Oc1ccccc1)OC. The molecule has 0 spiro atoms. The van der Waals surface area contributed by atoms with E-state index in [4.69, 9.17) is 24.3 Å². The molecular formula is C27H41FN7O7P. The largest absolute Gasteiger partial charge is 0.462 e. The van der Waals surface area contributed by atoms with Gasteiger partial charge in [0.15, 0.2) is 17.0 Å². The van der Waals surface area contributed by atoms with E-state index in [9.17, 15) is 14.5 Å². The van der Waals surface area contributed by atoms with Gasteiger partial charge in [0.05, 0.1) is 19.0 Å². The number of aliphatic hydroxyl groups is 1. The van der Waals surface area contributed by atoms with E-state index in [2.05, 4.69) is 20.0 Å². The fourth-order valence-electron chi connectivity index (χ4n) is 4.20. The molecule has 2 heterocycles. The number of methoxy groups -OCH3 is 1. The first-order valence-electron chi connectivity index (χ1n) is 13.8. The van der Waals surface area contributed by atoms with Gasteiger partial charge >= 0.3 is 13.7 Å². The number of benzene rings is 1. The Morgan fingerprint density at radius 1 is 1.26 bits per heavy atom. The van der Waals surface area contributed by atoms with Crippen LogP contribution in [-0.4, -0.2) is 82.3 Å². The number of aromatic nitrogens is 4. The number of alkyl halides is 1. The van der Waals surface area contributed by atoms with Crippen LogP contribution in [0.15, 0.2) is 36.7 Å². The van der Waals surface area contributed by atoms with Gasteiger partial charge in [0, 0.05) is 20.7 Å². The Bertz CT molecular complexity index is 1410. The van der Waals surface area contributed by atoms with E-state index in [0.29, 0.717) is 17.9 Å². The molecule has 238 valence electrons. The second-order valence-electron chi connectivity index (χ2n) is 10.4. The number of anilines is 2. The second kappa shape index (κ2) is 14.4. The van der Waals surface area contributed by atoms with E-state index in [1.54, 1.807) is 51.2 Å². The van der Waals surface area contributed by atoms with Crippen LogP contribution in [0.3, 0.4) is 0 Å². The number of nitrogen functional groups attached to an aromatic ring is 1. The molecule has 3 aromatic rings. The molecule has 2 aromatic heterocycles.